The van der Waals surface area contributed by atoms with E-state index in [1.54, 1.807) is 0 Å². The Morgan fingerprint density at radius 3 is 1.50 bits per heavy atom. The van der Waals surface area contributed by atoms with E-state index in [0.29, 0.717) is 23.9 Å². The summed E-state index contributed by atoms with van der Waals surface area (Å²) in [6, 6.07) is 0. The van der Waals surface area contributed by atoms with Gasteiger partial charge in [-0.15, -0.1) is 0 Å². The van der Waals surface area contributed by atoms with Crippen LogP contribution in [-0.2, 0) is 32.7 Å². The van der Waals surface area contributed by atoms with Crippen molar-refractivity contribution in [1.29, 1.82) is 0 Å². The largest absolute Gasteiger partial charge is 0.472 e. The summed E-state index contributed by atoms with van der Waals surface area (Å²) in [7, 11) is 1.44. The Morgan fingerprint density at radius 2 is 0.982 bits per heavy atom. The van der Waals surface area contributed by atoms with Crippen molar-refractivity contribution in [2.24, 2.45) is 0 Å². The maximum absolute atomic E-state index is 12.7. The first kappa shape index (κ1) is 54.0. The number of likely N-dealkylation sites (N-methyl/N-ethyl adjacent to an activating group) is 1. The molecule has 9 nitrogen and oxygen atoms in total. The molecular formula is C46H85NO8P+. The van der Waals surface area contributed by atoms with Crippen LogP contribution in [-0.4, -0.2) is 74.9 Å². The number of nitrogens with zero attached hydrogens (tertiary/aromatic N) is 1. The minimum absolute atomic E-state index is 0.0215. The zero-order valence-electron chi connectivity index (χ0n) is 36.6. The van der Waals surface area contributed by atoms with Crippen molar-refractivity contribution in [2.45, 2.75) is 187 Å². The monoisotopic (exact) mass is 811 g/mol. The van der Waals surface area contributed by atoms with Crippen molar-refractivity contribution in [3.8, 4) is 0 Å². The molecule has 0 aliphatic heterocycles. The van der Waals surface area contributed by atoms with Crippen LogP contribution in [0.4, 0.5) is 0 Å². The number of allylic oxidation sites excluding steroid dienone is 8. The average molecular weight is 811 g/mol. The van der Waals surface area contributed by atoms with Crippen molar-refractivity contribution < 1.29 is 42.1 Å². The maximum atomic E-state index is 12.7. The van der Waals surface area contributed by atoms with Gasteiger partial charge in [-0.25, -0.2) is 4.57 Å². The van der Waals surface area contributed by atoms with Gasteiger partial charge in [0.2, 0.25) is 0 Å². The van der Waals surface area contributed by atoms with Crippen LogP contribution < -0.4 is 0 Å². The number of ether oxygens (including phenoxy) is 2. The number of phosphoric ester groups is 1. The summed E-state index contributed by atoms with van der Waals surface area (Å²) in [6.45, 7) is 4.34. The van der Waals surface area contributed by atoms with Crippen molar-refractivity contribution in [2.75, 3.05) is 47.5 Å². The van der Waals surface area contributed by atoms with Gasteiger partial charge in [0.25, 0.3) is 0 Å². The molecule has 0 aromatic heterocycles. The molecule has 0 bridgehead atoms. The fourth-order valence-corrected chi connectivity index (χ4v) is 6.53. The minimum Gasteiger partial charge on any atom is -0.462 e. The highest BCUT2D eigenvalue weighted by Crippen LogP contribution is 2.43. The number of unbranched alkanes of at least 4 members (excludes halogenated alkanes) is 18. The number of carbonyl (C=O) groups excluding carboxylic acids is 2. The number of rotatable bonds is 40. The molecule has 326 valence electrons. The van der Waals surface area contributed by atoms with E-state index in [4.69, 9.17) is 18.5 Å². The molecule has 0 fully saturated rings. The minimum atomic E-state index is -4.39. The third-order valence-corrected chi connectivity index (χ3v) is 10.3. The Morgan fingerprint density at radius 1 is 0.554 bits per heavy atom. The summed E-state index contributed by atoms with van der Waals surface area (Å²) in [4.78, 5) is 35.3. The summed E-state index contributed by atoms with van der Waals surface area (Å²) >= 11 is 0. The molecule has 0 saturated heterocycles. The predicted molar refractivity (Wildman–Crippen MR) is 233 cm³/mol. The van der Waals surface area contributed by atoms with Crippen LogP contribution in [0, 0.1) is 0 Å². The fraction of sp³-hybridized carbons (Fsp3) is 0.783. The third kappa shape index (κ3) is 41.6. The van der Waals surface area contributed by atoms with Crippen LogP contribution in [0.1, 0.15) is 181 Å². The Kier molecular flexibility index (Phi) is 37.1. The smallest absolute Gasteiger partial charge is 0.462 e. The molecule has 1 unspecified atom stereocenters. The normalized spacial score (nSPS) is 14.0. The first-order chi connectivity index (χ1) is 27.0. The molecule has 0 aliphatic carbocycles. The van der Waals surface area contributed by atoms with Gasteiger partial charge in [0, 0.05) is 12.8 Å². The van der Waals surface area contributed by atoms with Crippen molar-refractivity contribution in [3.63, 3.8) is 0 Å². The van der Waals surface area contributed by atoms with Crippen molar-refractivity contribution in [3.05, 3.63) is 48.6 Å². The SMILES string of the molecule is CCCCCCCC/C=C/C/C=C/C/C=C/CCCC(=O)OC[C@H](COP(=O)(O)OCC[N+](C)(C)C)OC(=O)CCCCCCC/C=C/CCCCCCCC. The maximum Gasteiger partial charge on any atom is 0.472 e. The van der Waals surface area contributed by atoms with Gasteiger partial charge < -0.3 is 18.9 Å². The van der Waals surface area contributed by atoms with E-state index in [1.807, 2.05) is 21.1 Å². The number of hydrogen-bond acceptors (Lipinski definition) is 7. The van der Waals surface area contributed by atoms with Crippen LogP contribution in [0.3, 0.4) is 0 Å². The molecule has 0 rings (SSSR count). The van der Waals surface area contributed by atoms with Gasteiger partial charge in [0.1, 0.15) is 19.8 Å². The quantitative estimate of drug-likeness (QED) is 0.0214. The molecule has 0 radical (unpaired) electrons. The van der Waals surface area contributed by atoms with E-state index < -0.39 is 32.5 Å². The van der Waals surface area contributed by atoms with Gasteiger partial charge >= 0.3 is 19.8 Å². The van der Waals surface area contributed by atoms with Crippen LogP contribution in [0.25, 0.3) is 0 Å². The summed E-state index contributed by atoms with van der Waals surface area (Å²) in [5, 5.41) is 0. The third-order valence-electron chi connectivity index (χ3n) is 9.33. The lowest BCUT2D eigenvalue weighted by Crippen LogP contribution is -2.37. The Balaban J connectivity index is 4.45. The highest BCUT2D eigenvalue weighted by molar-refractivity contribution is 7.47. The number of hydrogen-bond donors (Lipinski definition) is 1. The molecule has 0 spiro atoms. The zero-order valence-corrected chi connectivity index (χ0v) is 37.5. The first-order valence-electron chi connectivity index (χ1n) is 22.4. The molecule has 0 aromatic carbocycles. The lowest BCUT2D eigenvalue weighted by Gasteiger charge is -2.24. The van der Waals surface area contributed by atoms with E-state index in [2.05, 4.69) is 62.5 Å². The molecule has 2 atom stereocenters. The summed E-state index contributed by atoms with van der Waals surface area (Å²) < 4.78 is 34.2. The number of carbonyl (C=O) groups is 2. The van der Waals surface area contributed by atoms with Crippen molar-refractivity contribution >= 4 is 19.8 Å². The van der Waals surface area contributed by atoms with Gasteiger partial charge in [-0.2, -0.15) is 0 Å². The van der Waals surface area contributed by atoms with E-state index in [1.165, 1.54) is 83.5 Å². The van der Waals surface area contributed by atoms with Crippen LogP contribution in [0.15, 0.2) is 48.6 Å². The summed E-state index contributed by atoms with van der Waals surface area (Å²) in [5.74, 6) is -0.870. The Labute approximate surface area is 343 Å². The van der Waals surface area contributed by atoms with Crippen LogP contribution >= 0.6 is 7.82 Å². The van der Waals surface area contributed by atoms with E-state index in [-0.39, 0.29) is 26.1 Å². The van der Waals surface area contributed by atoms with Gasteiger partial charge in [-0.05, 0) is 70.6 Å². The van der Waals surface area contributed by atoms with Crippen LogP contribution in [0.5, 0.6) is 0 Å². The first-order valence-corrected chi connectivity index (χ1v) is 23.9. The predicted octanol–water partition coefficient (Wildman–Crippen LogP) is 12.7. The zero-order chi connectivity index (χ0) is 41.4. The molecule has 56 heavy (non-hydrogen) atoms. The van der Waals surface area contributed by atoms with Crippen molar-refractivity contribution in [1.82, 2.24) is 0 Å². The second-order valence-corrected chi connectivity index (χ2v) is 17.5. The molecule has 0 aliphatic rings. The van der Waals surface area contributed by atoms with Gasteiger partial charge in [0.15, 0.2) is 6.10 Å². The molecule has 0 amide bonds. The molecule has 10 heteroatoms. The Bertz CT molecular complexity index is 1100. The number of phosphoric acid groups is 1. The fourth-order valence-electron chi connectivity index (χ4n) is 5.79. The lowest BCUT2D eigenvalue weighted by atomic mass is 10.1. The standard InChI is InChI=1S/C46H84NO8P/c1-6-8-10-12-14-16-18-20-22-23-25-26-28-30-32-34-36-38-45(48)52-42-44(43-54-56(50,51)53-41-40-47(3,4)5)55-46(49)39-37-35-33-31-29-27-24-21-19-17-15-13-11-9-7-2/h20-22,24-26,30,32,44H,6-19,23,27-29,31,33-43H2,1-5H3/p+1/b22-20+,24-21+,26-25+,32-30+/t44-/m1/s1. The molecule has 0 saturated carbocycles. The number of quaternary nitrogens is 1. The second kappa shape index (κ2) is 38.5. The second-order valence-electron chi connectivity index (χ2n) is 16.1. The Hall–Kier alpha value is -2.03. The summed E-state index contributed by atoms with van der Waals surface area (Å²) in [5.41, 5.74) is 0. The molecule has 0 aromatic rings. The average Bonchev–Trinajstić information content (AvgIpc) is 3.15. The molecule has 1 N–H and O–H groups in total. The van der Waals surface area contributed by atoms with Gasteiger partial charge in [-0.3, -0.25) is 18.6 Å². The lowest BCUT2D eigenvalue weighted by molar-refractivity contribution is -0.870. The number of esters is 2. The van der Waals surface area contributed by atoms with E-state index >= 15 is 0 Å². The molecular weight excluding hydrogens is 725 g/mol. The van der Waals surface area contributed by atoms with Gasteiger partial charge in [-0.1, -0.05) is 146 Å². The highest BCUT2D eigenvalue weighted by Gasteiger charge is 2.27. The highest BCUT2D eigenvalue weighted by atomic mass is 31.2. The van der Waals surface area contributed by atoms with E-state index in [9.17, 15) is 19.0 Å². The van der Waals surface area contributed by atoms with E-state index in [0.717, 1.165) is 57.8 Å². The van der Waals surface area contributed by atoms with Crippen LogP contribution in [0.2, 0.25) is 0 Å². The topological polar surface area (TPSA) is 108 Å². The summed E-state index contributed by atoms with van der Waals surface area (Å²) in [6.07, 6.45) is 44.5. The van der Waals surface area contributed by atoms with Gasteiger partial charge in [0.05, 0.1) is 27.7 Å². The molecule has 0 heterocycles.